The molecule has 0 atom stereocenters. The summed E-state index contributed by atoms with van der Waals surface area (Å²) in [6.07, 6.45) is 1.06. The van der Waals surface area contributed by atoms with Crippen molar-refractivity contribution in [1.29, 1.82) is 0 Å². The van der Waals surface area contributed by atoms with Crippen molar-refractivity contribution in [2.24, 2.45) is 0 Å². The van der Waals surface area contributed by atoms with Crippen LogP contribution in [-0.2, 0) is 6.42 Å². The van der Waals surface area contributed by atoms with Crippen LogP contribution in [0.1, 0.15) is 50.1 Å². The zero-order chi connectivity index (χ0) is 14.8. The van der Waals surface area contributed by atoms with E-state index < -0.39 is 0 Å². The first-order valence-corrected chi connectivity index (χ1v) is 7.46. The molecule has 0 aliphatic heterocycles. The first kappa shape index (κ1) is 13.4. The Kier molecular flexibility index (Phi) is 2.83. The van der Waals surface area contributed by atoms with Crippen LogP contribution in [0.25, 0.3) is 11.1 Å². The van der Waals surface area contributed by atoms with E-state index in [4.69, 9.17) is 0 Å². The molecular weight excluding hydrogens is 240 g/mol. The minimum Gasteiger partial charge on any atom is -0.0447 e. The molecule has 0 bridgehead atoms. The van der Waals surface area contributed by atoms with Crippen molar-refractivity contribution >= 4 is 0 Å². The average Bonchev–Trinajstić information content (AvgIpc) is 2.79. The van der Waals surface area contributed by atoms with Gasteiger partial charge in [-0.2, -0.15) is 0 Å². The lowest BCUT2D eigenvalue weighted by molar-refractivity contribution is 1.14. The first-order valence-electron chi connectivity index (χ1n) is 7.46. The largest absolute Gasteiger partial charge is 0.0447 e. The summed E-state index contributed by atoms with van der Waals surface area (Å²) in [5, 5.41) is 0. The lowest BCUT2D eigenvalue weighted by Crippen LogP contribution is -1.98. The van der Waals surface area contributed by atoms with E-state index in [1.54, 1.807) is 0 Å². The first-order chi connectivity index (χ1) is 9.34. The quantitative estimate of drug-likeness (QED) is 0.522. The molecule has 3 rings (SSSR count). The van der Waals surface area contributed by atoms with Crippen molar-refractivity contribution < 1.29 is 0 Å². The number of rotatable bonds is 0. The van der Waals surface area contributed by atoms with Gasteiger partial charge in [0.1, 0.15) is 0 Å². The Bertz CT molecular complexity index is 746. The highest BCUT2D eigenvalue weighted by Crippen LogP contribution is 2.45. The maximum atomic E-state index is 3.64. The molecule has 0 aromatic heterocycles. The van der Waals surface area contributed by atoms with Gasteiger partial charge in [-0.3, -0.25) is 0 Å². The molecule has 0 heteroatoms. The monoisotopic (exact) mass is 263 g/mol. The fourth-order valence-corrected chi connectivity index (χ4v) is 3.67. The van der Waals surface area contributed by atoms with E-state index >= 15 is 0 Å². The van der Waals surface area contributed by atoms with Crippen LogP contribution in [0.15, 0.2) is 0 Å². The van der Waals surface area contributed by atoms with Crippen LogP contribution >= 0.6 is 0 Å². The molecule has 0 amide bonds. The molecule has 0 nitrogen and oxygen atoms in total. The van der Waals surface area contributed by atoms with E-state index in [-0.39, 0.29) is 0 Å². The van der Waals surface area contributed by atoms with Crippen molar-refractivity contribution in [1.82, 2.24) is 0 Å². The van der Waals surface area contributed by atoms with Crippen molar-refractivity contribution in [2.45, 2.75) is 54.9 Å². The van der Waals surface area contributed by atoms with Crippen LogP contribution < -0.4 is 0 Å². The molecule has 1 radical (unpaired) electrons. The molecule has 2 aromatic carbocycles. The molecule has 1 aliphatic carbocycles. The molecule has 0 saturated heterocycles. The SMILES string of the molecule is Cc1[c]c2c(c(C)c1C)-c1c(C)c(C)c(C)c(C)c1C2. The summed E-state index contributed by atoms with van der Waals surface area (Å²) in [4.78, 5) is 0. The normalized spacial score (nSPS) is 12.6. The smallest absolute Gasteiger partial charge is 0.000424 e. The fourth-order valence-electron chi connectivity index (χ4n) is 3.67. The summed E-state index contributed by atoms with van der Waals surface area (Å²) in [7, 11) is 0. The van der Waals surface area contributed by atoms with Gasteiger partial charge >= 0.3 is 0 Å². The van der Waals surface area contributed by atoms with Crippen molar-refractivity contribution in [2.75, 3.05) is 0 Å². The zero-order valence-electron chi connectivity index (χ0n) is 13.7. The Morgan fingerprint density at radius 2 is 1.15 bits per heavy atom. The fraction of sp³-hybridized carbons (Fsp3) is 0.400. The van der Waals surface area contributed by atoms with Gasteiger partial charge in [-0.05, 0) is 122 Å². The third-order valence-corrected chi connectivity index (χ3v) is 5.56. The maximum absolute atomic E-state index is 3.64. The Hall–Kier alpha value is -1.56. The minimum atomic E-state index is 1.06. The summed E-state index contributed by atoms with van der Waals surface area (Å²) in [6, 6.07) is 3.64. The van der Waals surface area contributed by atoms with E-state index in [0.717, 1.165) is 6.42 Å². The molecule has 0 heterocycles. The lowest BCUT2D eigenvalue weighted by Gasteiger charge is -2.18. The molecule has 103 valence electrons. The summed E-state index contributed by atoms with van der Waals surface area (Å²) in [6.45, 7) is 15.8. The Balaban J connectivity index is 2.45. The Morgan fingerprint density at radius 1 is 0.600 bits per heavy atom. The second kappa shape index (κ2) is 4.22. The molecule has 0 saturated carbocycles. The number of benzene rings is 2. The third kappa shape index (κ3) is 1.54. The van der Waals surface area contributed by atoms with Gasteiger partial charge in [0.05, 0.1) is 0 Å². The van der Waals surface area contributed by atoms with E-state index in [1.807, 2.05) is 0 Å². The molecule has 20 heavy (non-hydrogen) atoms. The van der Waals surface area contributed by atoms with Crippen molar-refractivity contribution in [3.8, 4) is 11.1 Å². The highest BCUT2D eigenvalue weighted by atomic mass is 14.3. The number of fused-ring (bicyclic) bond motifs is 3. The zero-order valence-corrected chi connectivity index (χ0v) is 13.7. The van der Waals surface area contributed by atoms with Crippen LogP contribution in [0.2, 0.25) is 0 Å². The predicted molar refractivity (Wildman–Crippen MR) is 86.7 cm³/mol. The molecule has 1 aliphatic rings. The van der Waals surface area contributed by atoms with E-state index in [9.17, 15) is 0 Å². The molecule has 0 N–H and O–H groups in total. The molecular formula is C20H23. The van der Waals surface area contributed by atoms with Gasteiger partial charge in [-0.25, -0.2) is 0 Å². The average molecular weight is 263 g/mol. The number of hydrogen-bond donors (Lipinski definition) is 0. The summed E-state index contributed by atoms with van der Waals surface area (Å²) in [5.74, 6) is 0. The van der Waals surface area contributed by atoms with Crippen molar-refractivity contribution in [3.63, 3.8) is 0 Å². The Morgan fingerprint density at radius 3 is 1.80 bits per heavy atom. The topological polar surface area (TPSA) is 0 Å². The summed E-state index contributed by atoms with van der Waals surface area (Å²) >= 11 is 0. The van der Waals surface area contributed by atoms with Gasteiger partial charge in [0.2, 0.25) is 0 Å². The number of hydrogen-bond acceptors (Lipinski definition) is 0. The third-order valence-electron chi connectivity index (χ3n) is 5.56. The molecule has 0 unspecified atom stereocenters. The van der Waals surface area contributed by atoms with Crippen LogP contribution in [0, 0.1) is 54.5 Å². The lowest BCUT2D eigenvalue weighted by atomic mass is 9.87. The van der Waals surface area contributed by atoms with Crippen LogP contribution in [0.3, 0.4) is 0 Å². The molecule has 0 spiro atoms. The Labute approximate surface area is 122 Å². The molecule has 2 aromatic rings. The maximum Gasteiger partial charge on any atom is -0.000424 e. The van der Waals surface area contributed by atoms with Gasteiger partial charge in [0, 0.05) is 0 Å². The van der Waals surface area contributed by atoms with E-state index in [2.05, 4.69) is 54.5 Å². The predicted octanol–water partition coefficient (Wildman–Crippen LogP) is 5.22. The van der Waals surface area contributed by atoms with Gasteiger partial charge in [-0.15, -0.1) is 0 Å². The van der Waals surface area contributed by atoms with Crippen LogP contribution in [-0.4, -0.2) is 0 Å². The highest BCUT2D eigenvalue weighted by Gasteiger charge is 2.27. The molecule has 0 fully saturated rings. The van der Waals surface area contributed by atoms with Crippen molar-refractivity contribution in [3.05, 3.63) is 56.1 Å². The number of aryl methyl sites for hydroxylation is 1. The minimum absolute atomic E-state index is 1.06. The van der Waals surface area contributed by atoms with Gasteiger partial charge in [0.25, 0.3) is 0 Å². The van der Waals surface area contributed by atoms with Gasteiger partial charge in [0.15, 0.2) is 0 Å². The van der Waals surface area contributed by atoms with Gasteiger partial charge < -0.3 is 0 Å². The van der Waals surface area contributed by atoms with E-state index in [0.29, 0.717) is 0 Å². The van der Waals surface area contributed by atoms with Crippen LogP contribution in [0.5, 0.6) is 0 Å². The summed E-state index contributed by atoms with van der Waals surface area (Å²) < 4.78 is 0. The van der Waals surface area contributed by atoms with Crippen LogP contribution in [0.4, 0.5) is 0 Å². The second-order valence-electron chi connectivity index (χ2n) is 6.38. The van der Waals surface area contributed by atoms with E-state index in [1.165, 1.54) is 61.2 Å². The van der Waals surface area contributed by atoms with Gasteiger partial charge in [-0.1, -0.05) is 0 Å². The highest BCUT2D eigenvalue weighted by molar-refractivity contribution is 5.85. The second-order valence-corrected chi connectivity index (χ2v) is 6.38. The summed E-state index contributed by atoms with van der Waals surface area (Å²) in [5.41, 5.74) is 15.9. The standard InChI is InChI=1S/C20H23/c1-10-8-17-9-18-14(5)12(3)13(4)16(7)20(18)19(17)15(6)11(10)2/h9H2,1-7H3.